The lowest BCUT2D eigenvalue weighted by Crippen LogP contribution is -2.17. The molecular formula is C9H15N3O5S. The van der Waals surface area contributed by atoms with Crippen LogP contribution >= 0.6 is 0 Å². The molecule has 0 saturated heterocycles. The fourth-order valence-electron chi connectivity index (χ4n) is 1.27. The van der Waals surface area contributed by atoms with Crippen LogP contribution in [0.5, 0.6) is 0 Å². The number of sulfonamides is 1. The number of methoxy groups -OCH3 is 1. The normalized spacial score (nSPS) is 11.4. The summed E-state index contributed by atoms with van der Waals surface area (Å²) in [5.41, 5.74) is 0.244. The van der Waals surface area contributed by atoms with Gasteiger partial charge in [-0.2, -0.15) is 5.10 Å². The van der Waals surface area contributed by atoms with Gasteiger partial charge in [0.1, 0.15) is 6.54 Å². The first-order chi connectivity index (χ1) is 8.43. The minimum Gasteiger partial charge on any atom is -0.480 e. The number of nitrogens with zero attached hydrogens (tertiary/aromatic N) is 2. The molecular weight excluding hydrogens is 262 g/mol. The summed E-state index contributed by atoms with van der Waals surface area (Å²) < 4.78 is 31.4. The molecule has 9 heteroatoms. The first-order valence-corrected chi connectivity index (χ1v) is 6.82. The molecule has 0 unspecified atom stereocenters. The molecule has 0 bridgehead atoms. The third kappa shape index (κ3) is 5.15. The summed E-state index contributed by atoms with van der Waals surface area (Å²) in [6, 6.07) is 0. The Morgan fingerprint density at radius 2 is 2.33 bits per heavy atom. The van der Waals surface area contributed by atoms with Crippen LogP contribution in [0, 0.1) is 0 Å². The highest BCUT2D eigenvalue weighted by atomic mass is 32.2. The van der Waals surface area contributed by atoms with Gasteiger partial charge in [0.25, 0.3) is 0 Å². The Morgan fingerprint density at radius 3 is 2.94 bits per heavy atom. The Labute approximate surface area is 105 Å². The van der Waals surface area contributed by atoms with E-state index in [2.05, 4.69) is 9.82 Å². The van der Waals surface area contributed by atoms with Crippen molar-refractivity contribution in [1.82, 2.24) is 9.78 Å². The Kier molecular flexibility index (Phi) is 5.10. The van der Waals surface area contributed by atoms with Gasteiger partial charge in [-0.25, -0.2) is 8.42 Å². The topological polar surface area (TPSA) is 111 Å². The van der Waals surface area contributed by atoms with Crippen LogP contribution in [0.15, 0.2) is 12.4 Å². The quantitative estimate of drug-likeness (QED) is 0.634. The Hall–Kier alpha value is -1.61. The van der Waals surface area contributed by atoms with E-state index in [1.54, 1.807) is 0 Å². The van der Waals surface area contributed by atoms with Crippen LogP contribution in [-0.2, 0) is 26.1 Å². The minimum absolute atomic E-state index is 0.0645. The molecule has 1 aromatic heterocycles. The molecule has 0 amide bonds. The van der Waals surface area contributed by atoms with Gasteiger partial charge in [0.2, 0.25) is 10.0 Å². The van der Waals surface area contributed by atoms with E-state index in [0.29, 0.717) is 13.0 Å². The highest BCUT2D eigenvalue weighted by Crippen LogP contribution is 2.08. The first kappa shape index (κ1) is 14.5. The Bertz CT molecular complexity index is 496. The smallest absolute Gasteiger partial charge is 0.325 e. The van der Waals surface area contributed by atoms with Gasteiger partial charge in [0.15, 0.2) is 0 Å². The molecule has 1 rings (SSSR count). The van der Waals surface area contributed by atoms with Crippen molar-refractivity contribution in [3.8, 4) is 0 Å². The number of hydrogen-bond acceptors (Lipinski definition) is 5. The van der Waals surface area contributed by atoms with Crippen LogP contribution < -0.4 is 4.72 Å². The molecule has 102 valence electrons. The maximum atomic E-state index is 11.6. The van der Waals surface area contributed by atoms with Gasteiger partial charge >= 0.3 is 5.97 Å². The van der Waals surface area contributed by atoms with Gasteiger partial charge in [-0.3, -0.25) is 14.2 Å². The van der Waals surface area contributed by atoms with Crippen molar-refractivity contribution >= 4 is 21.7 Å². The second-order valence-electron chi connectivity index (χ2n) is 3.59. The van der Waals surface area contributed by atoms with E-state index < -0.39 is 16.0 Å². The van der Waals surface area contributed by atoms with Crippen LogP contribution in [0.25, 0.3) is 0 Å². The van der Waals surface area contributed by atoms with Crippen LogP contribution in [0.3, 0.4) is 0 Å². The molecule has 8 nitrogen and oxygen atoms in total. The molecule has 0 radical (unpaired) electrons. The third-order valence-corrected chi connectivity index (χ3v) is 3.34. The summed E-state index contributed by atoms with van der Waals surface area (Å²) in [7, 11) is -1.96. The largest absolute Gasteiger partial charge is 0.480 e. The molecule has 18 heavy (non-hydrogen) atoms. The van der Waals surface area contributed by atoms with E-state index >= 15 is 0 Å². The minimum atomic E-state index is -3.45. The van der Waals surface area contributed by atoms with Crippen molar-refractivity contribution in [3.63, 3.8) is 0 Å². The fraction of sp³-hybridized carbons (Fsp3) is 0.556. The molecule has 0 spiro atoms. The van der Waals surface area contributed by atoms with Crippen molar-refractivity contribution in [1.29, 1.82) is 0 Å². The number of carboxylic acids is 1. The number of ether oxygens (including phenoxy) is 1. The summed E-state index contributed by atoms with van der Waals surface area (Å²) in [6.45, 7) is 0.0462. The van der Waals surface area contributed by atoms with Gasteiger partial charge in [-0.15, -0.1) is 0 Å². The zero-order chi connectivity index (χ0) is 13.6. The van der Waals surface area contributed by atoms with Gasteiger partial charge in [0.05, 0.1) is 17.6 Å². The molecule has 1 heterocycles. The molecule has 0 atom stereocenters. The van der Waals surface area contributed by atoms with Crippen molar-refractivity contribution < 1.29 is 23.1 Å². The Morgan fingerprint density at radius 1 is 1.61 bits per heavy atom. The molecule has 0 aromatic carbocycles. The number of hydrogen-bond donors (Lipinski definition) is 2. The van der Waals surface area contributed by atoms with Crippen LogP contribution in [0.2, 0.25) is 0 Å². The van der Waals surface area contributed by atoms with Gasteiger partial charge in [0, 0.05) is 19.9 Å². The lowest BCUT2D eigenvalue weighted by molar-refractivity contribution is -0.137. The number of aliphatic carboxylic acids is 1. The summed E-state index contributed by atoms with van der Waals surface area (Å²) in [5, 5.41) is 12.3. The van der Waals surface area contributed by atoms with Crippen molar-refractivity contribution in [2.75, 3.05) is 24.2 Å². The van der Waals surface area contributed by atoms with Gasteiger partial charge in [-0.05, 0) is 6.42 Å². The molecule has 0 fully saturated rings. The summed E-state index contributed by atoms with van der Waals surface area (Å²) >= 11 is 0. The molecule has 0 aliphatic rings. The third-order valence-electron chi connectivity index (χ3n) is 1.97. The van der Waals surface area contributed by atoms with Crippen LogP contribution in [0.1, 0.15) is 6.42 Å². The second kappa shape index (κ2) is 6.36. The zero-order valence-corrected chi connectivity index (χ0v) is 10.7. The van der Waals surface area contributed by atoms with E-state index in [0.717, 1.165) is 4.68 Å². The number of aromatic nitrogens is 2. The highest BCUT2D eigenvalue weighted by molar-refractivity contribution is 7.92. The van der Waals surface area contributed by atoms with Crippen molar-refractivity contribution in [2.45, 2.75) is 13.0 Å². The predicted octanol–water partition coefficient (Wildman–Crippen LogP) is -0.254. The molecule has 0 aliphatic carbocycles. The van der Waals surface area contributed by atoms with E-state index in [1.165, 1.54) is 19.5 Å². The number of nitrogens with one attached hydrogen (secondary N) is 1. The zero-order valence-electron chi connectivity index (χ0n) is 9.87. The average molecular weight is 277 g/mol. The highest BCUT2D eigenvalue weighted by Gasteiger charge is 2.11. The number of carboxylic acid groups (broad SMARTS) is 1. The van der Waals surface area contributed by atoms with Crippen molar-refractivity contribution in [2.24, 2.45) is 0 Å². The maximum absolute atomic E-state index is 11.6. The van der Waals surface area contributed by atoms with E-state index in [1.807, 2.05) is 0 Å². The molecule has 1 aromatic rings. The monoisotopic (exact) mass is 277 g/mol. The number of rotatable bonds is 8. The average Bonchev–Trinajstić information content (AvgIpc) is 2.63. The van der Waals surface area contributed by atoms with E-state index in [-0.39, 0.29) is 18.0 Å². The molecule has 2 N–H and O–H groups in total. The predicted molar refractivity (Wildman–Crippen MR) is 63.8 cm³/mol. The van der Waals surface area contributed by atoms with E-state index in [9.17, 15) is 13.2 Å². The van der Waals surface area contributed by atoms with Gasteiger partial charge in [-0.1, -0.05) is 0 Å². The summed E-state index contributed by atoms with van der Waals surface area (Å²) in [4.78, 5) is 10.4. The lowest BCUT2D eigenvalue weighted by atomic mass is 10.5. The van der Waals surface area contributed by atoms with Crippen molar-refractivity contribution in [3.05, 3.63) is 12.4 Å². The fourth-order valence-corrected chi connectivity index (χ4v) is 2.33. The second-order valence-corrected chi connectivity index (χ2v) is 5.43. The van der Waals surface area contributed by atoms with E-state index in [4.69, 9.17) is 9.84 Å². The molecule has 0 aliphatic heterocycles. The standard InChI is InChI=1S/C9H15N3O5S/c1-17-3-2-4-18(15,16)11-8-5-10-12(6-8)7-9(13)14/h5-6,11H,2-4,7H2,1H3,(H,13,14). The number of anilines is 1. The molecule has 0 saturated carbocycles. The SMILES string of the molecule is COCCCS(=O)(=O)Nc1cnn(CC(=O)O)c1. The van der Waals surface area contributed by atoms with Gasteiger partial charge < -0.3 is 9.84 Å². The lowest BCUT2D eigenvalue weighted by Gasteiger charge is -2.04. The maximum Gasteiger partial charge on any atom is 0.325 e. The number of carbonyl (C=O) groups is 1. The first-order valence-electron chi connectivity index (χ1n) is 5.16. The Balaban J connectivity index is 2.55. The van der Waals surface area contributed by atoms with Crippen LogP contribution in [-0.4, -0.2) is 48.7 Å². The summed E-state index contributed by atoms with van der Waals surface area (Å²) in [5.74, 6) is -1.11. The van der Waals surface area contributed by atoms with Crippen LogP contribution in [0.4, 0.5) is 5.69 Å². The summed E-state index contributed by atoms with van der Waals surface area (Å²) in [6.07, 6.45) is 2.97.